The molecule has 0 aromatic carbocycles. The summed E-state index contributed by atoms with van der Waals surface area (Å²) >= 11 is 0. The lowest BCUT2D eigenvalue weighted by molar-refractivity contribution is 0.0946. The second-order valence-electron chi connectivity index (χ2n) is 7.91. The molecule has 2 rings (SSSR count). The molecule has 1 atom stereocenters. The first-order valence-electron chi connectivity index (χ1n) is 10.2. The summed E-state index contributed by atoms with van der Waals surface area (Å²) in [5.74, 6) is 0.482. The summed E-state index contributed by atoms with van der Waals surface area (Å²) in [6, 6.07) is 0.314. The third-order valence-corrected chi connectivity index (χ3v) is 5.08. The van der Waals surface area contributed by atoms with Gasteiger partial charge in [-0.25, -0.2) is 4.68 Å². The summed E-state index contributed by atoms with van der Waals surface area (Å²) in [5.41, 5.74) is 1.75. The van der Waals surface area contributed by atoms with Crippen molar-refractivity contribution in [2.45, 2.75) is 58.9 Å². The molecule has 7 heteroatoms. The van der Waals surface area contributed by atoms with Gasteiger partial charge in [-0.3, -0.25) is 4.79 Å². The van der Waals surface area contributed by atoms with Crippen LogP contribution in [0, 0.1) is 5.92 Å². The zero-order chi connectivity index (χ0) is 19.6. The lowest BCUT2D eigenvalue weighted by atomic mass is 10.0. The van der Waals surface area contributed by atoms with Gasteiger partial charge in [-0.1, -0.05) is 23.8 Å². The Morgan fingerprint density at radius 1 is 1.41 bits per heavy atom. The van der Waals surface area contributed by atoms with Gasteiger partial charge >= 0.3 is 0 Å². The molecule has 1 aliphatic heterocycles. The van der Waals surface area contributed by atoms with Crippen LogP contribution in [0.2, 0.25) is 0 Å². The van der Waals surface area contributed by atoms with Crippen molar-refractivity contribution < 1.29 is 9.90 Å². The lowest BCUT2D eigenvalue weighted by Gasteiger charge is -2.33. The highest BCUT2D eigenvalue weighted by molar-refractivity contribution is 5.91. The van der Waals surface area contributed by atoms with Crippen LogP contribution in [0.1, 0.15) is 69.4 Å². The van der Waals surface area contributed by atoms with Crippen molar-refractivity contribution in [3.63, 3.8) is 0 Å². The van der Waals surface area contributed by atoms with Crippen LogP contribution in [-0.2, 0) is 0 Å². The fraction of sp³-hybridized carbons (Fsp3) is 0.750. The summed E-state index contributed by atoms with van der Waals surface area (Å²) in [6.07, 6.45) is 9.10. The number of aromatic nitrogens is 3. The van der Waals surface area contributed by atoms with Gasteiger partial charge in [0.1, 0.15) is 0 Å². The van der Waals surface area contributed by atoms with Crippen LogP contribution in [0.5, 0.6) is 0 Å². The van der Waals surface area contributed by atoms with Gasteiger partial charge in [0.2, 0.25) is 0 Å². The number of allylic oxidation sites excluding steroid dienone is 2. The Labute approximate surface area is 162 Å². The molecule has 0 bridgehead atoms. The lowest BCUT2D eigenvalue weighted by Crippen LogP contribution is -2.37. The third kappa shape index (κ3) is 7.42. The highest BCUT2D eigenvalue weighted by Crippen LogP contribution is 2.23. The maximum absolute atomic E-state index is 12.0. The standard InChI is InChI=1S/C20H35N5O2/c1-16(2)6-4-7-17(3)14-24-11-8-18(9-12-24)25-15-19(22-23-25)20(27)21-10-5-13-26/h6,15,17-18,26H,4-5,7-14H2,1-3H3,(H,21,27). The minimum Gasteiger partial charge on any atom is -0.396 e. The SMILES string of the molecule is CC(C)=CCCC(C)CN1CCC(n2cc(C(=O)NCCCO)nn2)CC1. The van der Waals surface area contributed by atoms with Crippen molar-refractivity contribution in [1.82, 2.24) is 25.2 Å². The van der Waals surface area contributed by atoms with E-state index in [1.54, 1.807) is 6.20 Å². The summed E-state index contributed by atoms with van der Waals surface area (Å²) in [4.78, 5) is 14.5. The largest absolute Gasteiger partial charge is 0.396 e. The van der Waals surface area contributed by atoms with Gasteiger partial charge in [0.15, 0.2) is 5.69 Å². The summed E-state index contributed by atoms with van der Waals surface area (Å²) in [6.45, 7) is 10.5. The molecule has 1 saturated heterocycles. The molecular formula is C20H35N5O2. The number of likely N-dealkylation sites (tertiary alicyclic amines) is 1. The number of carbonyl (C=O) groups is 1. The van der Waals surface area contributed by atoms with E-state index in [1.807, 2.05) is 4.68 Å². The maximum Gasteiger partial charge on any atom is 0.273 e. The van der Waals surface area contributed by atoms with Crippen LogP contribution in [0.4, 0.5) is 0 Å². The number of piperidine rings is 1. The van der Waals surface area contributed by atoms with Crippen molar-refractivity contribution in [3.8, 4) is 0 Å². The summed E-state index contributed by atoms with van der Waals surface area (Å²) < 4.78 is 1.84. The molecule has 0 aliphatic carbocycles. The molecule has 1 aromatic heterocycles. The van der Waals surface area contributed by atoms with Crippen LogP contribution in [0.15, 0.2) is 17.8 Å². The van der Waals surface area contributed by atoms with Crippen molar-refractivity contribution in [2.75, 3.05) is 32.8 Å². The molecule has 1 amide bonds. The van der Waals surface area contributed by atoms with Crippen LogP contribution >= 0.6 is 0 Å². The third-order valence-electron chi connectivity index (χ3n) is 5.08. The molecule has 1 aromatic rings. The molecule has 0 saturated carbocycles. The maximum atomic E-state index is 12.0. The Balaban J connectivity index is 1.74. The van der Waals surface area contributed by atoms with E-state index in [4.69, 9.17) is 5.11 Å². The first-order chi connectivity index (χ1) is 13.0. The second kappa shape index (κ2) is 11.2. The van der Waals surface area contributed by atoms with Gasteiger partial charge in [-0.05, 0) is 51.9 Å². The molecule has 7 nitrogen and oxygen atoms in total. The number of carbonyl (C=O) groups excluding carboxylic acids is 1. The Morgan fingerprint density at radius 2 is 2.15 bits per heavy atom. The van der Waals surface area contributed by atoms with Gasteiger partial charge in [0, 0.05) is 32.8 Å². The molecular weight excluding hydrogens is 342 g/mol. The number of nitrogens with zero attached hydrogens (tertiary/aromatic N) is 4. The average molecular weight is 378 g/mol. The topological polar surface area (TPSA) is 83.3 Å². The Morgan fingerprint density at radius 3 is 2.81 bits per heavy atom. The highest BCUT2D eigenvalue weighted by Gasteiger charge is 2.23. The predicted octanol–water partition coefficient (Wildman–Crippen LogP) is 2.41. The first kappa shape index (κ1) is 21.6. The number of aliphatic hydroxyl groups is 1. The van der Waals surface area contributed by atoms with Crippen LogP contribution in [0.3, 0.4) is 0 Å². The van der Waals surface area contributed by atoms with E-state index < -0.39 is 0 Å². The van der Waals surface area contributed by atoms with E-state index in [0.717, 1.165) is 32.5 Å². The molecule has 0 spiro atoms. The van der Waals surface area contributed by atoms with E-state index in [-0.39, 0.29) is 12.5 Å². The van der Waals surface area contributed by atoms with Gasteiger partial charge in [-0.15, -0.1) is 5.10 Å². The fourth-order valence-corrected chi connectivity index (χ4v) is 3.49. The summed E-state index contributed by atoms with van der Waals surface area (Å²) in [5, 5.41) is 19.7. The van der Waals surface area contributed by atoms with E-state index in [0.29, 0.717) is 30.6 Å². The minimum absolute atomic E-state index is 0.0686. The van der Waals surface area contributed by atoms with Crippen molar-refractivity contribution in [1.29, 1.82) is 0 Å². The Hall–Kier alpha value is -1.73. The second-order valence-corrected chi connectivity index (χ2v) is 7.91. The molecule has 2 N–H and O–H groups in total. The number of hydrogen-bond acceptors (Lipinski definition) is 5. The van der Waals surface area contributed by atoms with Crippen molar-refractivity contribution in [3.05, 3.63) is 23.5 Å². The molecule has 1 fully saturated rings. The van der Waals surface area contributed by atoms with Crippen LogP contribution in [0.25, 0.3) is 0 Å². The zero-order valence-corrected chi connectivity index (χ0v) is 17.0. The number of rotatable bonds is 10. The van der Waals surface area contributed by atoms with Crippen LogP contribution < -0.4 is 5.32 Å². The minimum atomic E-state index is -0.225. The van der Waals surface area contributed by atoms with E-state index in [9.17, 15) is 4.79 Å². The number of nitrogens with one attached hydrogen (secondary N) is 1. The van der Waals surface area contributed by atoms with Crippen molar-refractivity contribution >= 4 is 5.91 Å². The van der Waals surface area contributed by atoms with Gasteiger partial charge < -0.3 is 15.3 Å². The first-order valence-corrected chi connectivity index (χ1v) is 10.2. The normalized spacial score (nSPS) is 16.9. The molecule has 1 aliphatic rings. The van der Waals surface area contributed by atoms with E-state index in [1.165, 1.54) is 18.4 Å². The summed E-state index contributed by atoms with van der Waals surface area (Å²) in [7, 11) is 0. The fourth-order valence-electron chi connectivity index (χ4n) is 3.49. The van der Waals surface area contributed by atoms with E-state index >= 15 is 0 Å². The zero-order valence-electron chi connectivity index (χ0n) is 17.0. The molecule has 27 heavy (non-hydrogen) atoms. The van der Waals surface area contributed by atoms with Crippen LogP contribution in [-0.4, -0.2) is 63.7 Å². The van der Waals surface area contributed by atoms with Crippen molar-refractivity contribution in [2.24, 2.45) is 5.92 Å². The molecule has 2 heterocycles. The quantitative estimate of drug-likeness (QED) is 0.483. The van der Waals surface area contributed by atoms with Gasteiger partial charge in [0.25, 0.3) is 5.91 Å². The Kier molecular flexibility index (Phi) is 8.94. The Bertz CT molecular complexity index is 601. The number of aliphatic hydroxyl groups excluding tert-OH is 1. The smallest absolute Gasteiger partial charge is 0.273 e. The predicted molar refractivity (Wildman–Crippen MR) is 107 cm³/mol. The molecule has 152 valence electrons. The molecule has 1 unspecified atom stereocenters. The van der Waals surface area contributed by atoms with E-state index in [2.05, 4.69) is 47.4 Å². The van der Waals surface area contributed by atoms with Gasteiger partial charge in [-0.2, -0.15) is 0 Å². The monoisotopic (exact) mass is 377 g/mol. The highest BCUT2D eigenvalue weighted by atomic mass is 16.3. The number of hydrogen-bond donors (Lipinski definition) is 2. The number of amides is 1. The van der Waals surface area contributed by atoms with Gasteiger partial charge in [0.05, 0.1) is 12.2 Å². The molecule has 0 radical (unpaired) electrons. The average Bonchev–Trinajstić information content (AvgIpc) is 3.12.